The van der Waals surface area contributed by atoms with Crippen molar-refractivity contribution in [3.63, 3.8) is 0 Å². The molecule has 24 heavy (non-hydrogen) atoms. The molecule has 0 aliphatic carbocycles. The molecule has 0 spiro atoms. The van der Waals surface area contributed by atoms with Gasteiger partial charge < -0.3 is 14.4 Å². The number of rotatable bonds is 5. The molecule has 0 atom stereocenters. The fourth-order valence-electron chi connectivity index (χ4n) is 2.20. The third-order valence-corrected chi connectivity index (χ3v) is 3.66. The zero-order valence-corrected chi connectivity index (χ0v) is 14.1. The van der Waals surface area contributed by atoms with Gasteiger partial charge in [0.15, 0.2) is 0 Å². The average Bonchev–Trinajstić information content (AvgIpc) is 3.06. The predicted molar refractivity (Wildman–Crippen MR) is 91.9 cm³/mol. The molecule has 3 rings (SSSR count). The molecule has 1 heterocycles. The summed E-state index contributed by atoms with van der Waals surface area (Å²) in [5.74, 6) is 1.49. The lowest BCUT2D eigenvalue weighted by molar-refractivity contribution is 0.242. The van der Waals surface area contributed by atoms with Gasteiger partial charge in [-0.25, -0.2) is 0 Å². The average molecular weight is 345 g/mol. The highest BCUT2D eigenvalue weighted by Crippen LogP contribution is 2.31. The molecule has 0 fully saturated rings. The van der Waals surface area contributed by atoms with Crippen LogP contribution in [-0.4, -0.2) is 21.4 Å². The maximum atomic E-state index is 9.08. The Labute approximate surface area is 144 Å². The van der Waals surface area contributed by atoms with Crippen molar-refractivity contribution in [3.8, 4) is 28.6 Å². The number of benzene rings is 2. The largest absolute Gasteiger partial charge is 0.489 e. The Balaban J connectivity index is 1.85. The highest BCUT2D eigenvalue weighted by Gasteiger charge is 2.13. The first kappa shape index (κ1) is 16.5. The molecule has 2 aromatic carbocycles. The molecule has 0 saturated heterocycles. The van der Waals surface area contributed by atoms with E-state index in [4.69, 9.17) is 26.0 Å². The molecule has 5 nitrogen and oxygen atoms in total. The van der Waals surface area contributed by atoms with E-state index >= 15 is 0 Å². The Bertz CT molecular complexity index is 829. The molecule has 0 aliphatic rings. The molecule has 0 saturated carbocycles. The van der Waals surface area contributed by atoms with Crippen LogP contribution >= 0.6 is 11.6 Å². The van der Waals surface area contributed by atoms with Gasteiger partial charge in [-0.3, -0.25) is 0 Å². The quantitative estimate of drug-likeness (QED) is 0.745. The number of nitrogens with zero attached hydrogens (tertiary/aromatic N) is 2. The van der Waals surface area contributed by atoms with Crippen LogP contribution in [0.25, 0.3) is 22.8 Å². The minimum Gasteiger partial charge on any atom is -0.489 e. The molecule has 1 aromatic heterocycles. The summed E-state index contributed by atoms with van der Waals surface area (Å²) in [6, 6.07) is 12.7. The lowest BCUT2D eigenvalue weighted by Gasteiger charge is -2.11. The number of aliphatic hydroxyl groups is 1. The third-order valence-electron chi connectivity index (χ3n) is 3.36. The number of hydrogen-bond donors (Lipinski definition) is 1. The van der Waals surface area contributed by atoms with E-state index in [0.29, 0.717) is 22.5 Å². The van der Waals surface area contributed by atoms with Crippen molar-refractivity contribution in [2.75, 3.05) is 0 Å². The van der Waals surface area contributed by atoms with Gasteiger partial charge in [0.2, 0.25) is 5.82 Å². The van der Waals surface area contributed by atoms with E-state index in [-0.39, 0.29) is 12.7 Å². The van der Waals surface area contributed by atoms with Gasteiger partial charge in [-0.15, -0.1) is 0 Å². The molecule has 0 radical (unpaired) electrons. The van der Waals surface area contributed by atoms with Crippen LogP contribution in [0.1, 0.15) is 19.4 Å². The van der Waals surface area contributed by atoms with Gasteiger partial charge in [0.1, 0.15) is 5.75 Å². The second-order valence-corrected chi connectivity index (χ2v) is 6.00. The van der Waals surface area contributed by atoms with Crippen molar-refractivity contribution in [1.82, 2.24) is 10.1 Å². The van der Waals surface area contributed by atoms with Crippen molar-refractivity contribution >= 4 is 11.6 Å². The van der Waals surface area contributed by atoms with Crippen molar-refractivity contribution in [2.45, 2.75) is 26.6 Å². The van der Waals surface area contributed by atoms with Gasteiger partial charge in [-0.2, -0.15) is 4.98 Å². The van der Waals surface area contributed by atoms with E-state index in [2.05, 4.69) is 10.1 Å². The highest BCUT2D eigenvalue weighted by molar-refractivity contribution is 6.32. The molecule has 6 heteroatoms. The normalized spacial score (nSPS) is 11.0. The summed E-state index contributed by atoms with van der Waals surface area (Å²) in [5.41, 5.74) is 2.36. The summed E-state index contributed by atoms with van der Waals surface area (Å²) in [7, 11) is 0. The summed E-state index contributed by atoms with van der Waals surface area (Å²) < 4.78 is 10.9. The van der Waals surface area contributed by atoms with Crippen LogP contribution in [0.3, 0.4) is 0 Å². The van der Waals surface area contributed by atoms with Gasteiger partial charge in [0.05, 0.1) is 17.7 Å². The number of hydrogen-bond acceptors (Lipinski definition) is 5. The predicted octanol–water partition coefficient (Wildman–Crippen LogP) is 4.34. The second-order valence-electron chi connectivity index (χ2n) is 5.59. The molecule has 3 aromatic rings. The summed E-state index contributed by atoms with van der Waals surface area (Å²) in [5, 5.41) is 13.6. The number of aromatic nitrogens is 2. The van der Waals surface area contributed by atoms with Crippen molar-refractivity contribution in [1.29, 1.82) is 0 Å². The molecule has 124 valence electrons. The minimum absolute atomic E-state index is 0.00133. The van der Waals surface area contributed by atoms with Gasteiger partial charge in [0, 0.05) is 11.1 Å². The maximum Gasteiger partial charge on any atom is 0.258 e. The smallest absolute Gasteiger partial charge is 0.258 e. The number of aliphatic hydroxyl groups excluding tert-OH is 1. The van der Waals surface area contributed by atoms with Crippen LogP contribution in [-0.2, 0) is 6.61 Å². The summed E-state index contributed by atoms with van der Waals surface area (Å²) in [6.45, 7) is 3.88. The number of halogens is 1. The van der Waals surface area contributed by atoms with Crippen LogP contribution in [0.4, 0.5) is 0 Å². The first-order valence-electron chi connectivity index (χ1n) is 7.57. The summed E-state index contributed by atoms with van der Waals surface area (Å²) >= 11 is 6.25. The van der Waals surface area contributed by atoms with E-state index in [0.717, 1.165) is 16.7 Å². The Morgan fingerprint density at radius 1 is 1.12 bits per heavy atom. The van der Waals surface area contributed by atoms with Crippen LogP contribution < -0.4 is 4.74 Å². The molecule has 0 unspecified atom stereocenters. The van der Waals surface area contributed by atoms with Gasteiger partial charge in [-0.05, 0) is 49.7 Å². The third kappa shape index (κ3) is 3.58. The standard InChI is InChI=1S/C18H17ClN2O3/c1-11(2)23-16-8-7-14(9-15(16)19)17-20-18(24-21-17)13-5-3-12(10-22)4-6-13/h3-9,11,22H,10H2,1-2H3. The molecule has 0 amide bonds. The van der Waals surface area contributed by atoms with Crippen molar-refractivity contribution in [3.05, 3.63) is 53.1 Å². The SMILES string of the molecule is CC(C)Oc1ccc(-c2noc(-c3ccc(CO)cc3)n2)cc1Cl. The van der Waals surface area contributed by atoms with Crippen LogP contribution in [0, 0.1) is 0 Å². The van der Waals surface area contributed by atoms with Gasteiger partial charge in [-0.1, -0.05) is 28.9 Å². The molecule has 0 aliphatic heterocycles. The molecular weight excluding hydrogens is 328 g/mol. The summed E-state index contributed by atoms with van der Waals surface area (Å²) in [4.78, 5) is 4.40. The Kier molecular flexibility index (Phi) is 4.83. The number of ether oxygens (including phenoxy) is 1. The fraction of sp³-hybridized carbons (Fsp3) is 0.222. The van der Waals surface area contributed by atoms with E-state index < -0.39 is 0 Å². The van der Waals surface area contributed by atoms with E-state index in [1.165, 1.54) is 0 Å². The maximum absolute atomic E-state index is 9.08. The van der Waals surface area contributed by atoms with Gasteiger partial charge >= 0.3 is 0 Å². The zero-order chi connectivity index (χ0) is 17.1. The Morgan fingerprint density at radius 3 is 2.46 bits per heavy atom. The second kappa shape index (κ2) is 7.03. The van der Waals surface area contributed by atoms with Crippen molar-refractivity contribution in [2.24, 2.45) is 0 Å². The lowest BCUT2D eigenvalue weighted by Crippen LogP contribution is -2.05. The first-order valence-corrected chi connectivity index (χ1v) is 7.95. The topological polar surface area (TPSA) is 68.4 Å². The molecule has 0 bridgehead atoms. The van der Waals surface area contributed by atoms with Crippen molar-refractivity contribution < 1.29 is 14.4 Å². The minimum atomic E-state index is -0.00133. The zero-order valence-electron chi connectivity index (χ0n) is 13.4. The lowest BCUT2D eigenvalue weighted by atomic mass is 10.1. The van der Waals surface area contributed by atoms with E-state index in [9.17, 15) is 0 Å². The van der Waals surface area contributed by atoms with E-state index in [1.807, 2.05) is 44.2 Å². The highest BCUT2D eigenvalue weighted by atomic mass is 35.5. The van der Waals surface area contributed by atoms with Crippen LogP contribution in [0.15, 0.2) is 47.0 Å². The fourth-order valence-corrected chi connectivity index (χ4v) is 2.43. The van der Waals surface area contributed by atoms with Crippen LogP contribution in [0.5, 0.6) is 5.75 Å². The monoisotopic (exact) mass is 344 g/mol. The Hall–Kier alpha value is -2.37. The summed E-state index contributed by atoms with van der Waals surface area (Å²) in [6.07, 6.45) is 0.0482. The van der Waals surface area contributed by atoms with Crippen LogP contribution in [0.2, 0.25) is 5.02 Å². The Morgan fingerprint density at radius 2 is 1.83 bits per heavy atom. The first-order chi connectivity index (χ1) is 11.6. The van der Waals surface area contributed by atoms with E-state index in [1.54, 1.807) is 12.1 Å². The molecule has 1 N–H and O–H groups in total. The molecular formula is C18H17ClN2O3. The van der Waals surface area contributed by atoms with Gasteiger partial charge in [0.25, 0.3) is 5.89 Å².